The Morgan fingerprint density at radius 1 is 1.40 bits per heavy atom. The third kappa shape index (κ3) is 4.26. The van der Waals surface area contributed by atoms with E-state index in [1.807, 2.05) is 30.2 Å². The highest BCUT2D eigenvalue weighted by Gasteiger charge is 2.22. The summed E-state index contributed by atoms with van der Waals surface area (Å²) in [6.07, 6.45) is 2.05. The van der Waals surface area contributed by atoms with Gasteiger partial charge in [0, 0.05) is 13.1 Å². The summed E-state index contributed by atoms with van der Waals surface area (Å²) in [5, 5.41) is 3.22. The number of hydrogen-bond donors (Lipinski definition) is 1. The fraction of sp³-hybridized carbons (Fsp3) is 0.643. The van der Waals surface area contributed by atoms with Crippen LogP contribution in [0.25, 0.3) is 0 Å². The first kappa shape index (κ1) is 15.4. The minimum atomic E-state index is -0.206. The van der Waals surface area contributed by atoms with Gasteiger partial charge in [-0.05, 0) is 25.3 Å². The molecular formula is C14H22N2O3S. The van der Waals surface area contributed by atoms with Gasteiger partial charge in [0.1, 0.15) is 11.5 Å². The van der Waals surface area contributed by atoms with E-state index < -0.39 is 0 Å². The Labute approximate surface area is 124 Å². The van der Waals surface area contributed by atoms with Gasteiger partial charge in [-0.25, -0.2) is 0 Å². The van der Waals surface area contributed by atoms with Crippen molar-refractivity contribution in [3.05, 3.63) is 23.7 Å². The fourth-order valence-corrected chi connectivity index (χ4v) is 2.58. The van der Waals surface area contributed by atoms with Crippen molar-refractivity contribution in [2.45, 2.75) is 25.3 Å². The van der Waals surface area contributed by atoms with Crippen molar-refractivity contribution >= 4 is 17.7 Å². The predicted molar refractivity (Wildman–Crippen MR) is 79.6 cm³/mol. The van der Waals surface area contributed by atoms with E-state index in [9.17, 15) is 4.79 Å². The van der Waals surface area contributed by atoms with Crippen molar-refractivity contribution in [1.82, 2.24) is 10.2 Å². The number of ether oxygens (including phenoxy) is 1. The maximum atomic E-state index is 12.2. The smallest absolute Gasteiger partial charge is 0.239 e. The molecule has 1 aliphatic rings. The lowest BCUT2D eigenvalue weighted by Crippen LogP contribution is -2.49. The molecule has 1 unspecified atom stereocenters. The second-order valence-corrected chi connectivity index (χ2v) is 5.71. The van der Waals surface area contributed by atoms with Crippen LogP contribution in [0.1, 0.15) is 18.4 Å². The largest absolute Gasteiger partial charge is 0.464 e. The average Bonchev–Trinajstić information content (AvgIpc) is 2.93. The van der Waals surface area contributed by atoms with E-state index in [2.05, 4.69) is 5.32 Å². The molecule has 1 atom stereocenters. The van der Waals surface area contributed by atoms with Crippen LogP contribution in [0.5, 0.6) is 0 Å². The van der Waals surface area contributed by atoms with Crippen LogP contribution in [0, 0.1) is 0 Å². The number of carbonyl (C=O) groups is 1. The Balaban J connectivity index is 1.78. The molecule has 1 saturated heterocycles. The highest BCUT2D eigenvalue weighted by Crippen LogP contribution is 2.13. The van der Waals surface area contributed by atoms with Gasteiger partial charge in [-0.3, -0.25) is 10.1 Å². The van der Waals surface area contributed by atoms with Crippen molar-refractivity contribution in [1.29, 1.82) is 0 Å². The number of carbonyl (C=O) groups excluding carboxylic acids is 1. The van der Waals surface area contributed by atoms with Crippen LogP contribution in [0.4, 0.5) is 0 Å². The van der Waals surface area contributed by atoms with Crippen molar-refractivity contribution in [3.8, 4) is 0 Å². The number of hydrogen-bond acceptors (Lipinski definition) is 5. The summed E-state index contributed by atoms with van der Waals surface area (Å²) in [7, 11) is 0. The number of nitrogens with one attached hydrogen (secondary N) is 1. The molecule has 0 aliphatic carbocycles. The standard InChI is InChI=1S/C14H22N2O3S/c1-11(14(17)16-5-7-18-8-6-16)15-9-12-3-4-13(19-12)10-20-2/h3-4,11,15H,5-10H2,1-2H3. The van der Waals surface area contributed by atoms with Gasteiger partial charge in [0.15, 0.2) is 0 Å². The molecule has 0 bridgehead atoms. The number of thioether (sulfide) groups is 1. The van der Waals surface area contributed by atoms with E-state index in [0.29, 0.717) is 32.8 Å². The maximum absolute atomic E-state index is 12.2. The van der Waals surface area contributed by atoms with Gasteiger partial charge in [0.05, 0.1) is 31.6 Å². The van der Waals surface area contributed by atoms with Crippen molar-refractivity contribution in [2.75, 3.05) is 32.6 Å². The summed E-state index contributed by atoms with van der Waals surface area (Å²) >= 11 is 1.73. The number of morpholine rings is 1. The number of furan rings is 1. The normalized spacial score (nSPS) is 17.2. The molecule has 0 spiro atoms. The Morgan fingerprint density at radius 3 is 2.80 bits per heavy atom. The molecule has 1 aliphatic heterocycles. The van der Waals surface area contributed by atoms with Gasteiger partial charge in [0.25, 0.3) is 0 Å². The van der Waals surface area contributed by atoms with E-state index in [0.717, 1.165) is 17.3 Å². The second kappa shape index (κ2) is 7.71. The van der Waals surface area contributed by atoms with Gasteiger partial charge < -0.3 is 14.1 Å². The van der Waals surface area contributed by atoms with Crippen LogP contribution in [-0.4, -0.2) is 49.4 Å². The van der Waals surface area contributed by atoms with Gasteiger partial charge >= 0.3 is 0 Å². The summed E-state index contributed by atoms with van der Waals surface area (Å²) < 4.78 is 10.9. The van der Waals surface area contributed by atoms with Crippen molar-refractivity contribution < 1.29 is 13.9 Å². The molecule has 6 heteroatoms. The van der Waals surface area contributed by atoms with Crippen LogP contribution in [0.15, 0.2) is 16.5 Å². The third-order valence-corrected chi connectivity index (χ3v) is 3.85. The molecule has 0 saturated carbocycles. The topological polar surface area (TPSA) is 54.7 Å². The zero-order chi connectivity index (χ0) is 14.4. The molecule has 2 rings (SSSR count). The zero-order valence-electron chi connectivity index (χ0n) is 12.1. The van der Waals surface area contributed by atoms with Gasteiger partial charge in [-0.2, -0.15) is 11.8 Å². The fourth-order valence-electron chi connectivity index (χ4n) is 2.14. The maximum Gasteiger partial charge on any atom is 0.239 e. The lowest BCUT2D eigenvalue weighted by atomic mass is 10.2. The number of nitrogens with zero attached hydrogens (tertiary/aromatic N) is 1. The summed E-state index contributed by atoms with van der Waals surface area (Å²) in [6, 6.07) is 3.74. The predicted octanol–water partition coefficient (Wildman–Crippen LogP) is 1.48. The lowest BCUT2D eigenvalue weighted by molar-refractivity contribution is -0.137. The Hall–Kier alpha value is -0.980. The number of rotatable bonds is 6. The molecule has 20 heavy (non-hydrogen) atoms. The first-order valence-corrected chi connectivity index (χ1v) is 8.26. The molecule has 1 aromatic rings. The molecule has 2 heterocycles. The van der Waals surface area contributed by atoms with Crippen LogP contribution >= 0.6 is 11.8 Å². The summed E-state index contributed by atoms with van der Waals surface area (Å²) in [5.74, 6) is 2.85. The monoisotopic (exact) mass is 298 g/mol. The van der Waals surface area contributed by atoms with Crippen LogP contribution in [0.2, 0.25) is 0 Å². The molecule has 0 radical (unpaired) electrons. The van der Waals surface area contributed by atoms with E-state index in [4.69, 9.17) is 9.15 Å². The summed E-state index contributed by atoms with van der Waals surface area (Å²) in [4.78, 5) is 14.1. The highest BCUT2D eigenvalue weighted by molar-refractivity contribution is 7.97. The molecule has 1 fully saturated rings. The second-order valence-electron chi connectivity index (χ2n) is 4.84. The van der Waals surface area contributed by atoms with Crippen LogP contribution in [0.3, 0.4) is 0 Å². The first-order valence-electron chi connectivity index (χ1n) is 6.87. The van der Waals surface area contributed by atoms with E-state index in [-0.39, 0.29) is 11.9 Å². The van der Waals surface area contributed by atoms with E-state index >= 15 is 0 Å². The Kier molecular flexibility index (Phi) is 5.94. The van der Waals surface area contributed by atoms with Crippen molar-refractivity contribution in [3.63, 3.8) is 0 Å². The van der Waals surface area contributed by atoms with Crippen LogP contribution < -0.4 is 5.32 Å². The average molecular weight is 298 g/mol. The third-order valence-electron chi connectivity index (χ3n) is 3.28. The van der Waals surface area contributed by atoms with Crippen molar-refractivity contribution in [2.24, 2.45) is 0 Å². The van der Waals surface area contributed by atoms with Gasteiger partial charge in [-0.1, -0.05) is 0 Å². The van der Waals surface area contributed by atoms with Gasteiger partial charge in [0.2, 0.25) is 5.91 Å². The number of amides is 1. The van der Waals surface area contributed by atoms with E-state index in [1.54, 1.807) is 11.8 Å². The van der Waals surface area contributed by atoms with Crippen LogP contribution in [-0.2, 0) is 21.8 Å². The SMILES string of the molecule is CSCc1ccc(CNC(C)C(=O)N2CCOCC2)o1. The van der Waals surface area contributed by atoms with E-state index in [1.165, 1.54) is 0 Å². The molecule has 1 aromatic heterocycles. The summed E-state index contributed by atoms with van der Waals surface area (Å²) in [6.45, 7) is 5.10. The molecule has 1 amide bonds. The first-order chi connectivity index (χ1) is 9.70. The minimum Gasteiger partial charge on any atom is -0.464 e. The molecular weight excluding hydrogens is 276 g/mol. The quantitative estimate of drug-likeness (QED) is 0.862. The molecule has 1 N–H and O–H groups in total. The Morgan fingerprint density at radius 2 is 2.10 bits per heavy atom. The van der Waals surface area contributed by atoms with Gasteiger partial charge in [-0.15, -0.1) is 0 Å². The summed E-state index contributed by atoms with van der Waals surface area (Å²) in [5.41, 5.74) is 0. The molecule has 5 nitrogen and oxygen atoms in total. The Bertz CT molecular complexity index is 430. The highest BCUT2D eigenvalue weighted by atomic mass is 32.2. The zero-order valence-corrected chi connectivity index (χ0v) is 12.9. The molecule has 112 valence electrons. The minimum absolute atomic E-state index is 0.129. The lowest BCUT2D eigenvalue weighted by Gasteiger charge is -2.29. The molecule has 0 aromatic carbocycles.